The summed E-state index contributed by atoms with van der Waals surface area (Å²) in [7, 11) is 0. The minimum atomic E-state index is -6.20. The SMILES string of the molecule is F[C-](F)C(F)(F)C(F)(F)F.F[C-](F)C(F)(F)C(F)(F)F.[Cd+2]. The van der Waals surface area contributed by atoms with Gasteiger partial charge in [0.25, 0.3) is 11.8 Å². The van der Waals surface area contributed by atoms with Crippen molar-refractivity contribution in [2.24, 2.45) is 0 Å². The standard InChI is InChI=1S/2C3F7.Cd/c2*4-1(5)2(6,7)3(8,9)10;/q2*-1;+2. The van der Waals surface area contributed by atoms with Crippen molar-refractivity contribution in [3.05, 3.63) is 12.9 Å². The van der Waals surface area contributed by atoms with Crippen LogP contribution in [0.2, 0.25) is 0 Å². The van der Waals surface area contributed by atoms with Gasteiger partial charge in [0.05, 0.1) is 12.9 Å². The minimum absolute atomic E-state index is 0. The summed E-state index contributed by atoms with van der Waals surface area (Å²) in [6.45, 7) is 0. The smallest absolute Gasteiger partial charge is 0.415 e. The molecule has 124 valence electrons. The average molecular weight is 450 g/mol. The predicted octanol–water partition coefficient (Wildman–Crippen LogP) is 5.22. The van der Waals surface area contributed by atoms with E-state index < -0.39 is 37.0 Å². The van der Waals surface area contributed by atoms with Gasteiger partial charge >= 0.3 is 39.7 Å². The normalized spacial score (nSPS) is 13.7. The van der Waals surface area contributed by atoms with Crippen LogP contribution in [-0.4, -0.2) is 24.2 Å². The molecule has 0 aliphatic heterocycles. The van der Waals surface area contributed by atoms with E-state index >= 15 is 0 Å². The first-order valence-corrected chi connectivity index (χ1v) is 3.65. The molecule has 0 aliphatic rings. The quantitative estimate of drug-likeness (QED) is 0.307. The molecule has 0 spiro atoms. The van der Waals surface area contributed by atoms with E-state index in [-0.39, 0.29) is 27.3 Å². The molecule has 0 bridgehead atoms. The second kappa shape index (κ2) is 7.98. The third-order valence-electron chi connectivity index (χ3n) is 1.19. The van der Waals surface area contributed by atoms with Gasteiger partial charge in [-0.1, -0.05) is 0 Å². The van der Waals surface area contributed by atoms with Gasteiger partial charge in [-0.2, -0.15) is 26.3 Å². The fourth-order valence-corrected chi connectivity index (χ4v) is 0.214. The molecule has 0 radical (unpaired) electrons. The molecule has 0 aromatic rings. The molecule has 0 amide bonds. The Labute approximate surface area is 126 Å². The van der Waals surface area contributed by atoms with Crippen LogP contribution in [0.3, 0.4) is 0 Å². The van der Waals surface area contributed by atoms with Gasteiger partial charge in [-0.3, -0.25) is 0 Å². The van der Waals surface area contributed by atoms with Crippen molar-refractivity contribution in [2.75, 3.05) is 0 Å². The van der Waals surface area contributed by atoms with Crippen LogP contribution in [0.1, 0.15) is 0 Å². The fraction of sp³-hybridized carbons (Fsp3) is 0.667. The van der Waals surface area contributed by atoms with E-state index in [0.29, 0.717) is 0 Å². The molecule has 0 saturated heterocycles. The molecule has 0 atom stereocenters. The van der Waals surface area contributed by atoms with Crippen LogP contribution in [0.25, 0.3) is 0 Å². The summed E-state index contributed by atoms with van der Waals surface area (Å²) in [6, 6.07) is 0. The number of halogens is 14. The maximum atomic E-state index is 11.1. The molecule has 0 fully saturated rings. The molecule has 0 aromatic carbocycles. The van der Waals surface area contributed by atoms with Crippen molar-refractivity contribution in [2.45, 2.75) is 24.2 Å². The summed E-state index contributed by atoms with van der Waals surface area (Å²) in [6.07, 6.45) is -20.3. The van der Waals surface area contributed by atoms with Gasteiger partial charge in [-0.05, 0) is 0 Å². The Kier molecular flexibility index (Phi) is 9.83. The molecular formula is C6CdF14. The van der Waals surface area contributed by atoms with Gasteiger partial charge in [0.15, 0.2) is 0 Å². The van der Waals surface area contributed by atoms with Crippen LogP contribution in [0.4, 0.5) is 61.5 Å². The van der Waals surface area contributed by atoms with E-state index in [1.54, 1.807) is 0 Å². The molecule has 0 N–H and O–H groups in total. The molecule has 15 heteroatoms. The second-order valence-electron chi connectivity index (χ2n) is 2.67. The maximum Gasteiger partial charge on any atom is 2.00 e. The van der Waals surface area contributed by atoms with Crippen molar-refractivity contribution < 1.29 is 88.8 Å². The summed E-state index contributed by atoms with van der Waals surface area (Å²) >= 11 is 0. The summed E-state index contributed by atoms with van der Waals surface area (Å²) in [5.74, 6) is -12.0. The Morgan fingerprint density at radius 1 is 0.429 bits per heavy atom. The van der Waals surface area contributed by atoms with Gasteiger partial charge in [0.1, 0.15) is 0 Å². The van der Waals surface area contributed by atoms with Crippen LogP contribution >= 0.6 is 0 Å². The summed E-state index contributed by atoms with van der Waals surface area (Å²) < 4.78 is 153. The van der Waals surface area contributed by atoms with E-state index in [2.05, 4.69) is 0 Å². The number of hydrogen-bond acceptors (Lipinski definition) is 0. The van der Waals surface area contributed by atoms with Crippen molar-refractivity contribution in [3.8, 4) is 0 Å². The molecular weight excluding hydrogens is 450 g/mol. The van der Waals surface area contributed by atoms with Gasteiger partial charge < -0.3 is 17.6 Å². The largest absolute Gasteiger partial charge is 2.00 e. The summed E-state index contributed by atoms with van der Waals surface area (Å²) in [5.41, 5.74) is 0. The van der Waals surface area contributed by atoms with E-state index in [9.17, 15) is 61.5 Å². The predicted molar refractivity (Wildman–Crippen MR) is 32.9 cm³/mol. The van der Waals surface area contributed by atoms with E-state index in [0.717, 1.165) is 0 Å². The Balaban J connectivity index is -0.000000295. The first-order chi connectivity index (χ1) is 8.39. The second-order valence-corrected chi connectivity index (χ2v) is 2.67. The topological polar surface area (TPSA) is 0 Å². The molecule has 0 saturated carbocycles. The van der Waals surface area contributed by atoms with Gasteiger partial charge in [0, 0.05) is 0 Å². The van der Waals surface area contributed by atoms with Crippen molar-refractivity contribution in [1.82, 2.24) is 0 Å². The van der Waals surface area contributed by atoms with Crippen LogP contribution in [-0.2, 0) is 27.3 Å². The molecule has 0 unspecified atom stereocenters. The first kappa shape index (κ1) is 25.9. The van der Waals surface area contributed by atoms with E-state index in [4.69, 9.17) is 0 Å². The van der Waals surface area contributed by atoms with Crippen LogP contribution in [0.5, 0.6) is 0 Å². The number of alkyl halides is 10. The van der Waals surface area contributed by atoms with Crippen molar-refractivity contribution in [1.29, 1.82) is 0 Å². The van der Waals surface area contributed by atoms with Crippen LogP contribution < -0.4 is 0 Å². The van der Waals surface area contributed by atoms with E-state index in [1.165, 1.54) is 0 Å². The maximum absolute atomic E-state index is 11.1. The molecule has 0 rings (SSSR count). The Morgan fingerprint density at radius 2 is 0.571 bits per heavy atom. The molecule has 21 heavy (non-hydrogen) atoms. The molecule has 0 aromatic heterocycles. The first-order valence-electron chi connectivity index (χ1n) is 3.65. The monoisotopic (exact) mass is 452 g/mol. The third kappa shape index (κ3) is 7.16. The van der Waals surface area contributed by atoms with Crippen LogP contribution in [0, 0.1) is 12.9 Å². The van der Waals surface area contributed by atoms with Crippen molar-refractivity contribution in [3.63, 3.8) is 0 Å². The van der Waals surface area contributed by atoms with Crippen LogP contribution in [0.15, 0.2) is 0 Å². The zero-order valence-electron chi connectivity index (χ0n) is 9.00. The number of hydrogen-bond donors (Lipinski definition) is 0. The van der Waals surface area contributed by atoms with Gasteiger partial charge in [0.2, 0.25) is 0 Å². The average Bonchev–Trinajstić information content (AvgIpc) is 2.14. The minimum Gasteiger partial charge on any atom is -0.415 e. The Morgan fingerprint density at radius 3 is 0.571 bits per heavy atom. The molecule has 0 heterocycles. The fourth-order valence-electron chi connectivity index (χ4n) is 0.214. The third-order valence-corrected chi connectivity index (χ3v) is 1.19. The summed E-state index contributed by atoms with van der Waals surface area (Å²) in [5, 5.41) is 0. The Bertz CT molecular complexity index is 257. The zero-order chi connectivity index (χ0) is 17.2. The Hall–Kier alpha value is -0.0579. The van der Waals surface area contributed by atoms with E-state index in [1.807, 2.05) is 0 Å². The molecule has 0 nitrogen and oxygen atoms in total. The zero-order valence-corrected chi connectivity index (χ0v) is 13.0. The van der Waals surface area contributed by atoms with Gasteiger partial charge in [-0.15, -0.1) is 0 Å². The molecule has 0 aliphatic carbocycles. The van der Waals surface area contributed by atoms with Crippen molar-refractivity contribution >= 4 is 0 Å². The summed E-state index contributed by atoms with van der Waals surface area (Å²) in [4.78, 5) is 0. The number of rotatable bonds is 2. The van der Waals surface area contributed by atoms with Gasteiger partial charge in [-0.25, -0.2) is 17.6 Å².